The second-order valence-electron chi connectivity index (χ2n) is 2.43. The molecule has 13 heavy (non-hydrogen) atoms. The lowest BCUT2D eigenvalue weighted by Gasteiger charge is -2.17. The van der Waals surface area contributed by atoms with Gasteiger partial charge >= 0.3 is 0 Å². The summed E-state index contributed by atoms with van der Waals surface area (Å²) in [6.07, 6.45) is 0. The van der Waals surface area contributed by atoms with Crippen molar-refractivity contribution < 1.29 is 17.9 Å². The van der Waals surface area contributed by atoms with Crippen molar-refractivity contribution in [3.8, 4) is 0 Å². The second-order valence-corrected chi connectivity index (χ2v) is 3.98. The van der Waals surface area contributed by atoms with Crippen LogP contribution in [0.3, 0.4) is 0 Å². The largest absolute Gasteiger partial charge is 0.383 e. The molecule has 0 saturated carbocycles. The molecule has 0 aromatic heterocycles. The molecule has 6 nitrogen and oxygen atoms in total. The minimum Gasteiger partial charge on any atom is -0.383 e. The highest BCUT2D eigenvalue weighted by atomic mass is 32.2. The summed E-state index contributed by atoms with van der Waals surface area (Å²) >= 11 is 0. The fourth-order valence-corrected chi connectivity index (χ4v) is 1.41. The topological polar surface area (TPSA) is 81.9 Å². The van der Waals surface area contributed by atoms with Crippen LogP contribution in [0.1, 0.15) is 0 Å². The fourth-order valence-electron chi connectivity index (χ4n) is 0.752. The Labute approximate surface area is 78.8 Å². The van der Waals surface area contributed by atoms with Crippen LogP contribution in [0.5, 0.6) is 0 Å². The molecule has 0 atom stereocenters. The van der Waals surface area contributed by atoms with Crippen molar-refractivity contribution in [2.75, 3.05) is 40.5 Å². The zero-order valence-electron chi connectivity index (χ0n) is 7.89. The maximum Gasteiger partial charge on any atom is 0.277 e. The summed E-state index contributed by atoms with van der Waals surface area (Å²) in [5.41, 5.74) is 0. The highest BCUT2D eigenvalue weighted by Crippen LogP contribution is 1.93. The average molecular weight is 212 g/mol. The highest BCUT2D eigenvalue weighted by Gasteiger charge is 2.15. The van der Waals surface area contributed by atoms with Crippen LogP contribution in [0.2, 0.25) is 0 Å². The predicted molar refractivity (Wildman–Crippen MR) is 48.4 cm³/mol. The molecule has 0 radical (unpaired) electrons. The van der Waals surface area contributed by atoms with E-state index in [1.54, 1.807) is 0 Å². The van der Waals surface area contributed by atoms with E-state index in [-0.39, 0.29) is 13.1 Å². The minimum atomic E-state index is -3.64. The molecule has 0 unspecified atom stereocenters. The third kappa shape index (κ3) is 5.94. The molecule has 2 N–H and O–H groups in total. The lowest BCUT2D eigenvalue weighted by molar-refractivity contribution is 0.150. The molecule has 0 aliphatic carbocycles. The number of hydrogen-bond acceptors (Lipinski definition) is 4. The van der Waals surface area contributed by atoms with Gasteiger partial charge in [-0.15, -0.1) is 0 Å². The van der Waals surface area contributed by atoms with Crippen LogP contribution in [-0.2, 0) is 19.7 Å². The number of nitrogens with zero attached hydrogens (tertiary/aromatic N) is 1. The summed E-state index contributed by atoms with van der Waals surface area (Å²) in [6.45, 7) is 1.14. The van der Waals surface area contributed by atoms with Gasteiger partial charge in [-0.05, 0) is 0 Å². The summed E-state index contributed by atoms with van der Waals surface area (Å²) in [7, 11) is -0.641. The third-order valence-electron chi connectivity index (χ3n) is 1.45. The van der Waals surface area contributed by atoms with E-state index in [0.717, 1.165) is 4.31 Å². The summed E-state index contributed by atoms with van der Waals surface area (Å²) in [6, 6.07) is 0. The normalized spacial score (nSPS) is 12.3. The van der Waals surface area contributed by atoms with Crippen molar-refractivity contribution in [2.45, 2.75) is 0 Å². The number of ether oxygens (including phenoxy) is 2. The minimum absolute atomic E-state index is 0.249. The van der Waals surface area contributed by atoms with Crippen molar-refractivity contribution in [1.29, 1.82) is 0 Å². The lowest BCUT2D eigenvalue weighted by atomic mass is 10.6. The molecule has 0 saturated heterocycles. The number of rotatable bonds is 7. The molecule has 0 fully saturated rings. The summed E-state index contributed by atoms with van der Waals surface area (Å²) in [4.78, 5) is 0. The van der Waals surface area contributed by atoms with Crippen LogP contribution in [0, 0.1) is 0 Å². The van der Waals surface area contributed by atoms with Crippen LogP contribution in [0.15, 0.2) is 0 Å². The number of hydrogen-bond donors (Lipinski definition) is 1. The van der Waals surface area contributed by atoms with E-state index in [9.17, 15) is 8.42 Å². The maximum atomic E-state index is 10.9. The first-order valence-corrected chi connectivity index (χ1v) is 5.28. The maximum absolute atomic E-state index is 10.9. The first-order valence-electron chi connectivity index (χ1n) is 3.78. The molecule has 80 valence electrons. The Kier molecular flexibility index (Phi) is 6.17. The Balaban J connectivity index is 4.04. The molecule has 0 aromatic rings. The highest BCUT2D eigenvalue weighted by molar-refractivity contribution is 7.86. The number of methoxy groups -OCH3 is 2. The first kappa shape index (κ1) is 12.8. The van der Waals surface area contributed by atoms with Gasteiger partial charge in [-0.2, -0.15) is 12.7 Å². The number of nitrogens with two attached hydrogens (primary N) is 1. The summed E-state index contributed by atoms with van der Waals surface area (Å²) in [5.74, 6) is 0. The van der Waals surface area contributed by atoms with Gasteiger partial charge in [0.1, 0.15) is 0 Å². The van der Waals surface area contributed by atoms with Gasteiger partial charge in [-0.25, -0.2) is 5.14 Å². The van der Waals surface area contributed by atoms with Crippen molar-refractivity contribution in [2.24, 2.45) is 5.14 Å². The van der Waals surface area contributed by atoms with Crippen LogP contribution >= 0.6 is 0 Å². The lowest BCUT2D eigenvalue weighted by Crippen LogP contribution is -2.40. The quantitative estimate of drug-likeness (QED) is 0.574. The van der Waals surface area contributed by atoms with Gasteiger partial charge in [0.2, 0.25) is 0 Å². The second kappa shape index (κ2) is 6.28. The zero-order chi connectivity index (χ0) is 10.3. The van der Waals surface area contributed by atoms with Gasteiger partial charge in [-0.1, -0.05) is 0 Å². The van der Waals surface area contributed by atoms with Gasteiger partial charge in [-0.3, -0.25) is 0 Å². The molecular formula is C6H16N2O4S. The molecular weight excluding hydrogens is 196 g/mol. The van der Waals surface area contributed by atoms with Crippen molar-refractivity contribution in [3.05, 3.63) is 0 Å². The SMILES string of the molecule is COCCN(CCOC)S(N)(=O)=O. The van der Waals surface area contributed by atoms with E-state index in [1.807, 2.05) is 0 Å². The first-order chi connectivity index (χ1) is 6.02. The Bertz CT molecular complexity index is 209. The van der Waals surface area contributed by atoms with E-state index in [4.69, 9.17) is 14.6 Å². The van der Waals surface area contributed by atoms with Gasteiger partial charge in [0.05, 0.1) is 13.2 Å². The molecule has 0 aliphatic rings. The Morgan fingerprint density at radius 1 is 1.15 bits per heavy atom. The van der Waals surface area contributed by atoms with Crippen molar-refractivity contribution in [1.82, 2.24) is 4.31 Å². The molecule has 0 aliphatic heterocycles. The molecule has 0 amide bonds. The molecule has 0 bridgehead atoms. The summed E-state index contributed by atoms with van der Waals surface area (Å²) < 4.78 is 32.5. The van der Waals surface area contributed by atoms with Crippen LogP contribution in [0.25, 0.3) is 0 Å². The van der Waals surface area contributed by atoms with Crippen molar-refractivity contribution >= 4 is 10.2 Å². The van der Waals surface area contributed by atoms with Crippen LogP contribution in [-0.4, -0.2) is 53.2 Å². The predicted octanol–water partition coefficient (Wildman–Crippen LogP) is -1.22. The van der Waals surface area contributed by atoms with Gasteiger partial charge in [0, 0.05) is 27.3 Å². The van der Waals surface area contributed by atoms with Gasteiger partial charge in [0.15, 0.2) is 0 Å². The fraction of sp³-hybridized carbons (Fsp3) is 1.00. The Morgan fingerprint density at radius 3 is 1.77 bits per heavy atom. The molecule has 0 aromatic carbocycles. The smallest absolute Gasteiger partial charge is 0.277 e. The standard InChI is InChI=1S/C6H16N2O4S/c1-11-5-3-8(4-6-12-2)13(7,9)10/h3-6H2,1-2H3,(H2,7,9,10). The van der Waals surface area contributed by atoms with E-state index >= 15 is 0 Å². The molecule has 0 rings (SSSR count). The monoisotopic (exact) mass is 212 g/mol. The van der Waals surface area contributed by atoms with Gasteiger partial charge < -0.3 is 9.47 Å². The van der Waals surface area contributed by atoms with Crippen LogP contribution in [0.4, 0.5) is 0 Å². The van der Waals surface area contributed by atoms with E-state index in [2.05, 4.69) is 0 Å². The van der Waals surface area contributed by atoms with Crippen molar-refractivity contribution in [3.63, 3.8) is 0 Å². The zero-order valence-corrected chi connectivity index (χ0v) is 8.71. The van der Waals surface area contributed by atoms with E-state index in [0.29, 0.717) is 13.2 Å². The van der Waals surface area contributed by atoms with Gasteiger partial charge in [0.25, 0.3) is 10.2 Å². The summed E-state index contributed by atoms with van der Waals surface area (Å²) in [5, 5.41) is 4.95. The average Bonchev–Trinajstić information content (AvgIpc) is 2.02. The Morgan fingerprint density at radius 2 is 1.54 bits per heavy atom. The molecule has 0 spiro atoms. The molecule has 0 heterocycles. The Hall–Kier alpha value is -0.210. The van der Waals surface area contributed by atoms with Crippen LogP contribution < -0.4 is 5.14 Å². The van der Waals surface area contributed by atoms with E-state index in [1.165, 1.54) is 14.2 Å². The molecule has 7 heteroatoms. The third-order valence-corrected chi connectivity index (χ3v) is 2.53. The van der Waals surface area contributed by atoms with E-state index < -0.39 is 10.2 Å².